The first-order chi connectivity index (χ1) is 10.9. The largest absolute Gasteiger partial charge is 0.491 e. The van der Waals surface area contributed by atoms with E-state index < -0.39 is 0 Å². The Morgan fingerprint density at radius 3 is 2.35 bits per heavy atom. The highest BCUT2D eigenvalue weighted by molar-refractivity contribution is 5.95. The summed E-state index contributed by atoms with van der Waals surface area (Å²) in [6.07, 6.45) is 3.39. The quantitative estimate of drug-likeness (QED) is 0.852. The number of carbonyl (C=O) groups excluding carboxylic acids is 1. The normalized spacial score (nSPS) is 10.7. The molecular weight excluding hydrogens is 290 g/mol. The first-order valence-electron chi connectivity index (χ1n) is 7.73. The number of nitrogens with zero attached hydrogens (tertiary/aromatic N) is 1. The van der Waals surface area contributed by atoms with Crippen LogP contribution in [0.5, 0.6) is 5.75 Å². The fourth-order valence-electron chi connectivity index (χ4n) is 2.03. The summed E-state index contributed by atoms with van der Waals surface area (Å²) in [6.45, 7) is 7.83. The van der Waals surface area contributed by atoms with Gasteiger partial charge in [0.25, 0.3) is 5.91 Å². The predicted octanol–water partition coefficient (Wildman–Crippen LogP) is 3.75. The summed E-state index contributed by atoms with van der Waals surface area (Å²) in [4.78, 5) is 16.1. The molecule has 0 unspecified atom stereocenters. The molecule has 1 amide bonds. The molecule has 5 nitrogen and oxygen atoms in total. The number of hydrogen-bond donors (Lipinski definition) is 2. The van der Waals surface area contributed by atoms with Crippen LogP contribution >= 0.6 is 0 Å². The van der Waals surface area contributed by atoms with Crippen LogP contribution in [-0.4, -0.2) is 23.0 Å². The lowest BCUT2D eigenvalue weighted by molar-refractivity contribution is 0.0943. The number of aromatic nitrogens is 1. The number of carbonyl (C=O) groups is 1. The van der Waals surface area contributed by atoms with E-state index in [1.807, 2.05) is 52.0 Å². The maximum Gasteiger partial charge on any atom is 0.253 e. The van der Waals surface area contributed by atoms with Gasteiger partial charge in [-0.2, -0.15) is 0 Å². The summed E-state index contributed by atoms with van der Waals surface area (Å²) in [5.41, 5.74) is 2.20. The number of rotatable bonds is 6. The van der Waals surface area contributed by atoms with Crippen LogP contribution < -0.4 is 15.4 Å². The van der Waals surface area contributed by atoms with Crippen molar-refractivity contribution in [2.24, 2.45) is 0 Å². The molecule has 5 heteroatoms. The van der Waals surface area contributed by atoms with Crippen molar-refractivity contribution in [3.05, 3.63) is 48.3 Å². The standard InChI is InChI=1S/C18H23N3O2/c1-12(2)20-18(22)14-9-16(11-19-10-14)21-15-5-7-17(8-6-15)23-13(3)4/h5-13,21H,1-4H3,(H,20,22). The molecule has 0 aliphatic carbocycles. The Morgan fingerprint density at radius 1 is 1.04 bits per heavy atom. The highest BCUT2D eigenvalue weighted by Crippen LogP contribution is 2.21. The second-order valence-corrected chi connectivity index (χ2v) is 5.91. The van der Waals surface area contributed by atoms with E-state index in [0.29, 0.717) is 5.56 Å². The van der Waals surface area contributed by atoms with Gasteiger partial charge >= 0.3 is 0 Å². The van der Waals surface area contributed by atoms with Gasteiger partial charge in [0.15, 0.2) is 0 Å². The molecule has 2 aromatic rings. The van der Waals surface area contributed by atoms with E-state index in [-0.39, 0.29) is 18.1 Å². The summed E-state index contributed by atoms with van der Waals surface area (Å²) < 4.78 is 5.61. The average molecular weight is 313 g/mol. The molecule has 0 aliphatic heterocycles. The van der Waals surface area contributed by atoms with Gasteiger partial charge < -0.3 is 15.4 Å². The molecule has 0 atom stereocenters. The van der Waals surface area contributed by atoms with Crippen molar-refractivity contribution in [2.75, 3.05) is 5.32 Å². The lowest BCUT2D eigenvalue weighted by Gasteiger charge is -2.12. The van der Waals surface area contributed by atoms with Crippen LogP contribution in [0.3, 0.4) is 0 Å². The molecule has 0 radical (unpaired) electrons. The molecule has 122 valence electrons. The van der Waals surface area contributed by atoms with Crippen molar-refractivity contribution in [3.8, 4) is 5.75 Å². The average Bonchev–Trinajstić information content (AvgIpc) is 2.48. The second-order valence-electron chi connectivity index (χ2n) is 5.91. The zero-order valence-corrected chi connectivity index (χ0v) is 14.0. The number of benzene rings is 1. The van der Waals surface area contributed by atoms with Crippen LogP contribution in [-0.2, 0) is 0 Å². The van der Waals surface area contributed by atoms with Gasteiger partial charge in [0.05, 0.1) is 23.6 Å². The fourth-order valence-corrected chi connectivity index (χ4v) is 2.03. The van der Waals surface area contributed by atoms with Crippen molar-refractivity contribution in [1.29, 1.82) is 0 Å². The third kappa shape index (κ3) is 5.29. The second kappa shape index (κ2) is 7.63. The number of ether oxygens (including phenoxy) is 1. The van der Waals surface area contributed by atoms with Gasteiger partial charge in [0.1, 0.15) is 5.75 Å². The van der Waals surface area contributed by atoms with Crippen LogP contribution in [0.2, 0.25) is 0 Å². The summed E-state index contributed by atoms with van der Waals surface area (Å²) in [5, 5.41) is 6.09. The lowest BCUT2D eigenvalue weighted by atomic mass is 10.2. The van der Waals surface area contributed by atoms with Gasteiger partial charge in [-0.25, -0.2) is 0 Å². The minimum Gasteiger partial charge on any atom is -0.491 e. The van der Waals surface area contributed by atoms with Crippen LogP contribution in [0.15, 0.2) is 42.7 Å². The van der Waals surface area contributed by atoms with Gasteiger partial charge in [-0.15, -0.1) is 0 Å². The lowest BCUT2D eigenvalue weighted by Crippen LogP contribution is -2.30. The smallest absolute Gasteiger partial charge is 0.253 e. The fraction of sp³-hybridized carbons (Fsp3) is 0.333. The first-order valence-corrected chi connectivity index (χ1v) is 7.73. The highest BCUT2D eigenvalue weighted by Gasteiger charge is 2.08. The Kier molecular flexibility index (Phi) is 5.57. The maximum absolute atomic E-state index is 12.0. The minimum absolute atomic E-state index is 0.0904. The van der Waals surface area contributed by atoms with Crippen LogP contribution in [0.25, 0.3) is 0 Å². The molecule has 2 rings (SSSR count). The summed E-state index contributed by atoms with van der Waals surface area (Å²) in [7, 11) is 0. The van der Waals surface area contributed by atoms with E-state index in [1.54, 1.807) is 18.5 Å². The van der Waals surface area contributed by atoms with Gasteiger partial charge in [-0.1, -0.05) is 0 Å². The van der Waals surface area contributed by atoms with Crippen molar-refractivity contribution in [3.63, 3.8) is 0 Å². The predicted molar refractivity (Wildman–Crippen MR) is 92.3 cm³/mol. The molecule has 23 heavy (non-hydrogen) atoms. The van der Waals surface area contributed by atoms with E-state index in [1.165, 1.54) is 0 Å². The summed E-state index contributed by atoms with van der Waals surface area (Å²) in [6, 6.07) is 9.55. The molecule has 1 aromatic carbocycles. The van der Waals surface area contributed by atoms with E-state index >= 15 is 0 Å². The molecule has 2 N–H and O–H groups in total. The topological polar surface area (TPSA) is 63.2 Å². The zero-order valence-electron chi connectivity index (χ0n) is 14.0. The van der Waals surface area contributed by atoms with Crippen LogP contribution in [0, 0.1) is 0 Å². The molecule has 0 saturated heterocycles. The summed E-state index contributed by atoms with van der Waals surface area (Å²) in [5.74, 6) is 0.700. The van der Waals surface area contributed by atoms with E-state index in [4.69, 9.17) is 4.74 Å². The Balaban J connectivity index is 2.06. The van der Waals surface area contributed by atoms with Crippen molar-refractivity contribution in [2.45, 2.75) is 39.8 Å². The molecular formula is C18H23N3O2. The van der Waals surface area contributed by atoms with Crippen LogP contribution in [0.1, 0.15) is 38.1 Å². The number of pyridine rings is 1. The molecule has 0 spiro atoms. The third-order valence-electron chi connectivity index (χ3n) is 2.93. The van der Waals surface area contributed by atoms with E-state index in [9.17, 15) is 4.79 Å². The van der Waals surface area contributed by atoms with Gasteiger partial charge in [-0.3, -0.25) is 9.78 Å². The molecule has 0 aliphatic rings. The molecule has 0 saturated carbocycles. The number of nitrogens with one attached hydrogen (secondary N) is 2. The van der Waals surface area contributed by atoms with Gasteiger partial charge in [-0.05, 0) is 58.0 Å². The molecule has 0 bridgehead atoms. The Bertz CT molecular complexity index is 652. The number of anilines is 2. The molecule has 0 fully saturated rings. The van der Waals surface area contributed by atoms with E-state index in [0.717, 1.165) is 17.1 Å². The van der Waals surface area contributed by atoms with Crippen molar-refractivity contribution >= 4 is 17.3 Å². The number of hydrogen-bond acceptors (Lipinski definition) is 4. The van der Waals surface area contributed by atoms with E-state index in [2.05, 4.69) is 15.6 Å². The zero-order chi connectivity index (χ0) is 16.8. The third-order valence-corrected chi connectivity index (χ3v) is 2.93. The Hall–Kier alpha value is -2.56. The molecule has 1 aromatic heterocycles. The van der Waals surface area contributed by atoms with Crippen molar-refractivity contribution < 1.29 is 9.53 Å². The van der Waals surface area contributed by atoms with Gasteiger partial charge in [0.2, 0.25) is 0 Å². The first kappa shape index (κ1) is 16.8. The van der Waals surface area contributed by atoms with Crippen molar-refractivity contribution in [1.82, 2.24) is 10.3 Å². The minimum atomic E-state index is -0.128. The van der Waals surface area contributed by atoms with Gasteiger partial charge in [0, 0.05) is 17.9 Å². The highest BCUT2D eigenvalue weighted by atomic mass is 16.5. The maximum atomic E-state index is 12.0. The Morgan fingerprint density at radius 2 is 1.74 bits per heavy atom. The monoisotopic (exact) mass is 313 g/mol. The van der Waals surface area contributed by atoms with Crippen LogP contribution in [0.4, 0.5) is 11.4 Å². The summed E-state index contributed by atoms with van der Waals surface area (Å²) >= 11 is 0. The Labute approximate surface area is 137 Å². The number of amides is 1. The SMILES string of the molecule is CC(C)NC(=O)c1cncc(Nc2ccc(OC(C)C)cc2)c1. The molecule has 1 heterocycles.